The number of carbonyl (C=O) groups is 1. The van der Waals surface area contributed by atoms with Gasteiger partial charge in [-0.25, -0.2) is 0 Å². The zero-order valence-electron chi connectivity index (χ0n) is 13.7. The fourth-order valence-electron chi connectivity index (χ4n) is 3.97. The Balaban J connectivity index is 0.00000208. The molecular weight excluding hydrogens is 367 g/mol. The lowest BCUT2D eigenvalue weighted by atomic mass is 9.98. The largest absolute Gasteiger partial charge is 0.342 e. The van der Waals surface area contributed by atoms with Gasteiger partial charge in [0.15, 0.2) is 0 Å². The molecule has 1 saturated heterocycles. The van der Waals surface area contributed by atoms with Crippen molar-refractivity contribution in [1.29, 1.82) is 0 Å². The third-order valence-corrected chi connectivity index (χ3v) is 6.09. The molecular formula is C18H25Cl3N2O. The number of unbranched alkanes of at least 4 members (excludes halogenated alkanes) is 1. The Morgan fingerprint density at radius 1 is 1.17 bits per heavy atom. The maximum Gasteiger partial charge on any atom is 0.222 e. The minimum absolute atomic E-state index is 0. The van der Waals surface area contributed by atoms with E-state index in [9.17, 15) is 4.79 Å². The van der Waals surface area contributed by atoms with Gasteiger partial charge in [-0.3, -0.25) is 4.79 Å². The van der Waals surface area contributed by atoms with Crippen LogP contribution in [-0.4, -0.2) is 29.9 Å². The number of benzene rings is 1. The molecule has 1 aliphatic heterocycles. The summed E-state index contributed by atoms with van der Waals surface area (Å²) in [5, 5.41) is 1.18. The van der Waals surface area contributed by atoms with Crippen LogP contribution in [0.3, 0.4) is 0 Å². The maximum atomic E-state index is 12.3. The molecule has 134 valence electrons. The molecule has 1 aromatic carbocycles. The van der Waals surface area contributed by atoms with E-state index in [2.05, 4.69) is 0 Å². The van der Waals surface area contributed by atoms with Crippen molar-refractivity contribution in [2.75, 3.05) is 13.1 Å². The molecule has 2 aliphatic rings. The highest BCUT2D eigenvalue weighted by molar-refractivity contribution is 6.42. The molecule has 2 fully saturated rings. The van der Waals surface area contributed by atoms with Gasteiger partial charge >= 0.3 is 0 Å². The van der Waals surface area contributed by atoms with E-state index in [1.165, 1.54) is 12.0 Å². The van der Waals surface area contributed by atoms with Gasteiger partial charge in [-0.2, -0.15) is 0 Å². The number of nitrogens with zero attached hydrogens (tertiary/aromatic N) is 1. The van der Waals surface area contributed by atoms with Crippen LogP contribution in [0.5, 0.6) is 0 Å². The highest BCUT2D eigenvalue weighted by Crippen LogP contribution is 2.37. The Labute approximate surface area is 160 Å². The number of halogens is 3. The summed E-state index contributed by atoms with van der Waals surface area (Å²) in [6.07, 6.45) is 5.78. The lowest BCUT2D eigenvalue weighted by molar-refractivity contribution is -0.130. The van der Waals surface area contributed by atoms with Crippen molar-refractivity contribution in [2.45, 2.75) is 44.6 Å². The van der Waals surface area contributed by atoms with Crippen molar-refractivity contribution in [3.05, 3.63) is 33.8 Å². The smallest absolute Gasteiger partial charge is 0.222 e. The van der Waals surface area contributed by atoms with Crippen LogP contribution < -0.4 is 5.73 Å². The number of fused-ring (bicyclic) bond motifs is 1. The molecule has 24 heavy (non-hydrogen) atoms. The number of hydrogen-bond donors (Lipinski definition) is 1. The molecule has 3 atom stereocenters. The van der Waals surface area contributed by atoms with Gasteiger partial charge in [0.25, 0.3) is 0 Å². The SMILES string of the molecule is Cl.NC1CCC2CN(C(=O)CCCCc3ccc(Cl)c(Cl)c3)CC12. The van der Waals surface area contributed by atoms with Crippen LogP contribution in [-0.2, 0) is 11.2 Å². The van der Waals surface area contributed by atoms with E-state index < -0.39 is 0 Å². The van der Waals surface area contributed by atoms with Crippen molar-refractivity contribution < 1.29 is 4.79 Å². The van der Waals surface area contributed by atoms with E-state index >= 15 is 0 Å². The highest BCUT2D eigenvalue weighted by Gasteiger charge is 2.42. The summed E-state index contributed by atoms with van der Waals surface area (Å²) in [6.45, 7) is 1.79. The summed E-state index contributed by atoms with van der Waals surface area (Å²) in [7, 11) is 0. The summed E-state index contributed by atoms with van der Waals surface area (Å²) in [5.41, 5.74) is 7.31. The van der Waals surface area contributed by atoms with E-state index in [1.54, 1.807) is 0 Å². The van der Waals surface area contributed by atoms with Gasteiger partial charge in [-0.05, 0) is 61.6 Å². The number of hydrogen-bond acceptors (Lipinski definition) is 2. The van der Waals surface area contributed by atoms with E-state index in [4.69, 9.17) is 28.9 Å². The van der Waals surface area contributed by atoms with E-state index in [0.717, 1.165) is 38.8 Å². The first-order chi connectivity index (χ1) is 11.0. The second-order valence-electron chi connectivity index (χ2n) is 6.92. The van der Waals surface area contributed by atoms with Crippen molar-refractivity contribution >= 4 is 41.5 Å². The second-order valence-corrected chi connectivity index (χ2v) is 7.73. The molecule has 1 aliphatic carbocycles. The molecule has 0 radical (unpaired) electrons. The Kier molecular flexibility index (Phi) is 7.23. The predicted octanol–water partition coefficient (Wildman–Crippen LogP) is 4.32. The maximum absolute atomic E-state index is 12.3. The summed E-state index contributed by atoms with van der Waals surface area (Å²) >= 11 is 11.9. The molecule has 0 bridgehead atoms. The molecule has 1 heterocycles. The Morgan fingerprint density at radius 2 is 1.96 bits per heavy atom. The van der Waals surface area contributed by atoms with Gasteiger partial charge < -0.3 is 10.6 Å². The van der Waals surface area contributed by atoms with Crippen molar-refractivity contribution in [2.24, 2.45) is 17.6 Å². The molecule has 1 saturated carbocycles. The predicted molar refractivity (Wildman–Crippen MR) is 102 cm³/mol. The molecule has 3 unspecified atom stereocenters. The Bertz CT molecular complexity index is 581. The van der Waals surface area contributed by atoms with Crippen molar-refractivity contribution in [3.8, 4) is 0 Å². The average Bonchev–Trinajstić information content (AvgIpc) is 3.09. The minimum atomic E-state index is 0. The first-order valence-electron chi connectivity index (χ1n) is 8.52. The van der Waals surface area contributed by atoms with Gasteiger partial charge in [0.1, 0.15) is 0 Å². The lowest BCUT2D eigenvalue weighted by Gasteiger charge is -2.18. The number of rotatable bonds is 5. The van der Waals surface area contributed by atoms with Crippen LogP contribution in [0.1, 0.15) is 37.7 Å². The molecule has 3 nitrogen and oxygen atoms in total. The monoisotopic (exact) mass is 390 g/mol. The summed E-state index contributed by atoms with van der Waals surface area (Å²) in [6, 6.07) is 6.04. The molecule has 3 rings (SSSR count). The number of aryl methyl sites for hydroxylation is 1. The zero-order chi connectivity index (χ0) is 16.4. The second kappa shape index (κ2) is 8.75. The first-order valence-corrected chi connectivity index (χ1v) is 9.27. The quantitative estimate of drug-likeness (QED) is 0.760. The lowest BCUT2D eigenvalue weighted by Crippen LogP contribution is -2.33. The highest BCUT2D eigenvalue weighted by atomic mass is 35.5. The topological polar surface area (TPSA) is 46.3 Å². The van der Waals surface area contributed by atoms with E-state index in [-0.39, 0.29) is 12.4 Å². The third kappa shape index (κ3) is 4.57. The normalized spacial score (nSPS) is 25.5. The average molecular weight is 392 g/mol. The summed E-state index contributed by atoms with van der Waals surface area (Å²) in [4.78, 5) is 14.4. The number of carbonyl (C=O) groups excluding carboxylic acids is 1. The van der Waals surface area contributed by atoms with Crippen LogP contribution in [0, 0.1) is 11.8 Å². The molecule has 6 heteroatoms. The molecule has 1 amide bonds. The van der Waals surface area contributed by atoms with Gasteiger partial charge in [0.2, 0.25) is 5.91 Å². The molecule has 2 N–H and O–H groups in total. The number of nitrogens with two attached hydrogens (primary N) is 1. The molecule has 0 aromatic heterocycles. The standard InChI is InChI=1S/C18H24Cl2N2O.ClH/c19-15-7-5-12(9-16(15)20)3-1-2-4-18(23)22-10-13-6-8-17(21)14(13)11-22;/h5,7,9,13-14,17H,1-4,6,8,10-11,21H2;1H. The van der Waals surface area contributed by atoms with Crippen molar-refractivity contribution in [1.82, 2.24) is 4.90 Å². The van der Waals surface area contributed by atoms with Crippen LogP contribution in [0.25, 0.3) is 0 Å². The van der Waals surface area contributed by atoms with Gasteiger partial charge in [0, 0.05) is 25.6 Å². The third-order valence-electron chi connectivity index (χ3n) is 5.36. The summed E-state index contributed by atoms with van der Waals surface area (Å²) in [5.74, 6) is 1.47. The van der Waals surface area contributed by atoms with Crippen LogP contribution in [0.15, 0.2) is 18.2 Å². The van der Waals surface area contributed by atoms with Crippen LogP contribution in [0.2, 0.25) is 10.0 Å². The van der Waals surface area contributed by atoms with Crippen molar-refractivity contribution in [3.63, 3.8) is 0 Å². The fourth-order valence-corrected chi connectivity index (χ4v) is 4.29. The minimum Gasteiger partial charge on any atom is -0.342 e. The molecule has 0 spiro atoms. The fraction of sp³-hybridized carbons (Fsp3) is 0.611. The Morgan fingerprint density at radius 3 is 2.67 bits per heavy atom. The van der Waals surface area contributed by atoms with Gasteiger partial charge in [0.05, 0.1) is 10.0 Å². The van der Waals surface area contributed by atoms with E-state index in [1.807, 2.05) is 23.1 Å². The van der Waals surface area contributed by atoms with E-state index in [0.29, 0.717) is 40.3 Å². The van der Waals surface area contributed by atoms with Crippen LogP contribution >= 0.6 is 35.6 Å². The first kappa shape index (κ1) is 19.8. The number of amides is 1. The van der Waals surface area contributed by atoms with Gasteiger partial charge in [-0.1, -0.05) is 29.3 Å². The zero-order valence-corrected chi connectivity index (χ0v) is 16.0. The van der Waals surface area contributed by atoms with Gasteiger partial charge in [-0.15, -0.1) is 12.4 Å². The summed E-state index contributed by atoms with van der Waals surface area (Å²) < 4.78 is 0. The number of likely N-dealkylation sites (tertiary alicyclic amines) is 1. The molecule has 1 aromatic rings. The Hall–Kier alpha value is -0.480. The van der Waals surface area contributed by atoms with Crippen LogP contribution in [0.4, 0.5) is 0 Å².